The summed E-state index contributed by atoms with van der Waals surface area (Å²) in [5, 5.41) is 14.4. The van der Waals surface area contributed by atoms with Gasteiger partial charge in [0.25, 0.3) is 0 Å². The van der Waals surface area contributed by atoms with Gasteiger partial charge >= 0.3 is 6.18 Å². The molecule has 2 heterocycles. The number of fused-ring (bicyclic) bond motifs is 1. The van der Waals surface area contributed by atoms with Crippen LogP contribution in [0.3, 0.4) is 0 Å². The average molecular weight is 380 g/mol. The fourth-order valence-corrected chi connectivity index (χ4v) is 4.42. The summed E-state index contributed by atoms with van der Waals surface area (Å²) in [5.74, 6) is 0.691. The monoisotopic (exact) mass is 380 g/mol. The summed E-state index contributed by atoms with van der Waals surface area (Å²) in [6.45, 7) is 4.11. The maximum Gasteiger partial charge on any atom is 0.419 e. The number of hydrogen-bond acceptors (Lipinski definition) is 4. The smallest absolute Gasteiger partial charge is 0.393 e. The van der Waals surface area contributed by atoms with Crippen molar-refractivity contribution in [2.75, 3.05) is 5.73 Å². The minimum Gasteiger partial charge on any atom is -0.393 e. The lowest BCUT2D eigenvalue weighted by Crippen LogP contribution is -2.12. The zero-order chi connectivity index (χ0) is 19.5. The second-order valence-electron chi connectivity index (χ2n) is 7.79. The van der Waals surface area contributed by atoms with Crippen molar-refractivity contribution in [3.05, 3.63) is 29.6 Å². The summed E-state index contributed by atoms with van der Waals surface area (Å²) in [5.41, 5.74) is 6.31. The van der Waals surface area contributed by atoms with Crippen LogP contribution < -0.4 is 5.73 Å². The number of alkyl halides is 3. The van der Waals surface area contributed by atoms with E-state index in [-0.39, 0.29) is 12.1 Å². The topological polar surface area (TPSA) is 77.0 Å². The van der Waals surface area contributed by atoms with Crippen LogP contribution in [0.5, 0.6) is 0 Å². The van der Waals surface area contributed by atoms with Gasteiger partial charge in [-0.15, -0.1) is 0 Å². The number of nitrogens with zero attached hydrogens (tertiary/aromatic N) is 3. The second kappa shape index (κ2) is 6.22. The zero-order valence-electron chi connectivity index (χ0n) is 15.2. The van der Waals surface area contributed by atoms with E-state index in [1.807, 2.05) is 10.7 Å². The van der Waals surface area contributed by atoms with E-state index in [0.717, 1.165) is 31.0 Å². The molecule has 3 atom stereocenters. The highest BCUT2D eigenvalue weighted by Crippen LogP contribution is 2.63. The standard InChI is InChI=1S/C19H23F3N4O/c1-3-9(2)26-16(17-12-5-11(27)6-13(12)17)7-15(25-26)10-4-14(19(20,21)22)18(23)24-8-10/h4,7-9,11-13,17,27H,3,5-6H2,1-2H3,(H2,23,24). The second-order valence-corrected chi connectivity index (χ2v) is 7.79. The van der Waals surface area contributed by atoms with Crippen molar-refractivity contribution in [3.8, 4) is 11.3 Å². The van der Waals surface area contributed by atoms with Crippen LogP contribution in [0, 0.1) is 11.8 Å². The quantitative estimate of drug-likeness (QED) is 0.841. The molecule has 0 spiro atoms. The number of anilines is 1. The zero-order valence-corrected chi connectivity index (χ0v) is 15.2. The highest BCUT2D eigenvalue weighted by Gasteiger charge is 2.57. The normalized spacial score (nSPS) is 28.2. The van der Waals surface area contributed by atoms with Crippen LogP contribution in [-0.2, 0) is 6.18 Å². The Kier molecular flexibility index (Phi) is 4.21. The number of nitrogen functional groups attached to an aromatic ring is 1. The van der Waals surface area contributed by atoms with Crippen molar-refractivity contribution < 1.29 is 18.3 Å². The minimum absolute atomic E-state index is 0.142. The Morgan fingerprint density at radius 2 is 1.96 bits per heavy atom. The molecule has 3 N–H and O–H groups in total. The number of aromatic nitrogens is 3. The fourth-order valence-electron chi connectivity index (χ4n) is 4.42. The first-order valence-electron chi connectivity index (χ1n) is 9.31. The molecule has 2 fully saturated rings. The van der Waals surface area contributed by atoms with Crippen molar-refractivity contribution in [1.82, 2.24) is 14.8 Å². The molecular weight excluding hydrogens is 357 g/mol. The van der Waals surface area contributed by atoms with Gasteiger partial charge in [-0.1, -0.05) is 6.92 Å². The van der Waals surface area contributed by atoms with Crippen molar-refractivity contribution in [3.63, 3.8) is 0 Å². The maximum atomic E-state index is 13.2. The number of pyridine rings is 1. The predicted octanol–water partition coefficient (Wildman–Crippen LogP) is 4.00. The third-order valence-electron chi connectivity index (χ3n) is 6.05. The van der Waals surface area contributed by atoms with Crippen LogP contribution in [0.1, 0.15) is 56.3 Å². The van der Waals surface area contributed by atoms with Gasteiger partial charge in [-0.25, -0.2) is 4.98 Å². The van der Waals surface area contributed by atoms with Crippen LogP contribution in [0.25, 0.3) is 11.3 Å². The molecule has 2 aromatic heterocycles. The average Bonchev–Trinajstić information content (AvgIpc) is 2.97. The van der Waals surface area contributed by atoms with Crippen molar-refractivity contribution in [2.24, 2.45) is 11.8 Å². The number of rotatable bonds is 4. The Hall–Kier alpha value is -2.09. The van der Waals surface area contributed by atoms with Gasteiger partial charge in [0.15, 0.2) is 0 Å². The van der Waals surface area contributed by atoms with Gasteiger partial charge < -0.3 is 10.8 Å². The molecular formula is C19H23F3N4O. The Labute approximate surface area is 155 Å². The van der Waals surface area contributed by atoms with Gasteiger partial charge in [-0.2, -0.15) is 18.3 Å². The van der Waals surface area contributed by atoms with Gasteiger partial charge in [0, 0.05) is 29.4 Å². The lowest BCUT2D eigenvalue weighted by Gasteiger charge is -2.15. The summed E-state index contributed by atoms with van der Waals surface area (Å²) < 4.78 is 41.5. The molecule has 0 aliphatic heterocycles. The third kappa shape index (κ3) is 3.09. The molecule has 4 rings (SSSR count). The van der Waals surface area contributed by atoms with Gasteiger partial charge in [-0.05, 0) is 50.2 Å². The fraction of sp³-hybridized carbons (Fsp3) is 0.579. The van der Waals surface area contributed by atoms with E-state index in [1.54, 1.807) is 0 Å². The first kappa shape index (κ1) is 18.3. The Morgan fingerprint density at radius 1 is 1.30 bits per heavy atom. The number of halogens is 3. The SMILES string of the molecule is CCC(C)n1nc(-c2cnc(N)c(C(F)(F)F)c2)cc1C1C2CC(O)CC21. The van der Waals surface area contributed by atoms with Crippen LogP contribution in [0.15, 0.2) is 18.3 Å². The molecule has 27 heavy (non-hydrogen) atoms. The number of aliphatic hydroxyl groups excluding tert-OH is 1. The van der Waals surface area contributed by atoms with Gasteiger partial charge in [0.05, 0.1) is 17.4 Å². The van der Waals surface area contributed by atoms with E-state index < -0.39 is 17.6 Å². The minimum atomic E-state index is -4.56. The Morgan fingerprint density at radius 3 is 2.56 bits per heavy atom. The highest BCUT2D eigenvalue weighted by molar-refractivity contribution is 5.63. The van der Waals surface area contributed by atoms with Crippen molar-refractivity contribution >= 4 is 5.82 Å². The van der Waals surface area contributed by atoms with Crippen LogP contribution in [0.4, 0.5) is 19.0 Å². The first-order chi connectivity index (χ1) is 12.7. The summed E-state index contributed by atoms with van der Waals surface area (Å²) >= 11 is 0. The molecule has 0 saturated heterocycles. The molecule has 3 unspecified atom stereocenters. The summed E-state index contributed by atoms with van der Waals surface area (Å²) in [7, 11) is 0. The molecule has 2 saturated carbocycles. The van der Waals surface area contributed by atoms with Gasteiger partial charge in [0.1, 0.15) is 5.82 Å². The number of hydrogen-bond donors (Lipinski definition) is 2. The summed E-state index contributed by atoms with van der Waals surface area (Å²) in [6, 6.07) is 3.05. The van der Waals surface area contributed by atoms with E-state index in [4.69, 9.17) is 5.73 Å². The molecule has 0 radical (unpaired) electrons. The molecule has 0 bridgehead atoms. The molecule has 2 aliphatic carbocycles. The van der Waals surface area contributed by atoms with E-state index in [9.17, 15) is 18.3 Å². The van der Waals surface area contributed by atoms with Crippen LogP contribution in [-0.4, -0.2) is 26.0 Å². The molecule has 5 nitrogen and oxygen atoms in total. The summed E-state index contributed by atoms with van der Waals surface area (Å²) in [6.07, 6.45) is -0.998. The molecule has 146 valence electrons. The predicted molar refractivity (Wildman–Crippen MR) is 94.8 cm³/mol. The molecule has 0 aromatic carbocycles. The maximum absolute atomic E-state index is 13.2. The van der Waals surface area contributed by atoms with Gasteiger partial charge in [0.2, 0.25) is 0 Å². The first-order valence-corrected chi connectivity index (χ1v) is 9.31. The van der Waals surface area contributed by atoms with E-state index in [2.05, 4.69) is 23.9 Å². The van der Waals surface area contributed by atoms with Crippen molar-refractivity contribution in [2.45, 2.75) is 57.3 Å². The molecule has 8 heteroatoms. The third-order valence-corrected chi connectivity index (χ3v) is 6.05. The van der Waals surface area contributed by atoms with Gasteiger partial charge in [-0.3, -0.25) is 4.68 Å². The van der Waals surface area contributed by atoms with Crippen molar-refractivity contribution in [1.29, 1.82) is 0 Å². The lowest BCUT2D eigenvalue weighted by molar-refractivity contribution is -0.137. The largest absolute Gasteiger partial charge is 0.419 e. The number of aliphatic hydroxyl groups is 1. The number of nitrogens with two attached hydrogens (primary N) is 1. The van der Waals surface area contributed by atoms with Crippen LogP contribution >= 0.6 is 0 Å². The molecule has 0 amide bonds. The molecule has 2 aromatic rings. The Bertz CT molecular complexity index is 851. The lowest BCUT2D eigenvalue weighted by atomic mass is 10.0. The van der Waals surface area contributed by atoms with E-state index >= 15 is 0 Å². The molecule has 2 aliphatic rings. The van der Waals surface area contributed by atoms with E-state index in [1.165, 1.54) is 6.20 Å². The Balaban J connectivity index is 1.73. The summed E-state index contributed by atoms with van der Waals surface area (Å²) in [4.78, 5) is 3.73. The van der Waals surface area contributed by atoms with E-state index in [0.29, 0.717) is 29.0 Å². The van der Waals surface area contributed by atoms with Crippen LogP contribution in [0.2, 0.25) is 0 Å². The highest BCUT2D eigenvalue weighted by atomic mass is 19.4.